The zero-order valence-corrected chi connectivity index (χ0v) is 11.4. The van der Waals surface area contributed by atoms with Crippen molar-refractivity contribution in [3.05, 3.63) is 63.2 Å². The molecular formula is C13H9F2IN2. The van der Waals surface area contributed by atoms with E-state index in [9.17, 15) is 8.78 Å². The van der Waals surface area contributed by atoms with Crippen LogP contribution in [0, 0.1) is 15.2 Å². The number of para-hydroxylation sites is 1. The fourth-order valence-corrected chi connectivity index (χ4v) is 1.91. The molecule has 92 valence electrons. The molecule has 1 N–H and O–H groups in total. The van der Waals surface area contributed by atoms with E-state index in [1.54, 1.807) is 12.1 Å². The van der Waals surface area contributed by atoms with Crippen LogP contribution < -0.4 is 5.43 Å². The molecule has 0 aliphatic rings. The van der Waals surface area contributed by atoms with Gasteiger partial charge in [0.1, 0.15) is 11.6 Å². The van der Waals surface area contributed by atoms with Crippen molar-refractivity contribution in [1.29, 1.82) is 0 Å². The number of nitrogens with one attached hydrogen (secondary N) is 1. The van der Waals surface area contributed by atoms with Crippen molar-refractivity contribution in [3.63, 3.8) is 0 Å². The highest BCUT2D eigenvalue weighted by Crippen LogP contribution is 2.15. The van der Waals surface area contributed by atoms with Gasteiger partial charge in [-0.05, 0) is 46.9 Å². The molecule has 2 rings (SSSR count). The lowest BCUT2D eigenvalue weighted by Gasteiger charge is -2.01. The van der Waals surface area contributed by atoms with E-state index in [4.69, 9.17) is 0 Å². The van der Waals surface area contributed by atoms with Gasteiger partial charge in [-0.1, -0.05) is 18.2 Å². The predicted octanol–water partition coefficient (Wildman–Crippen LogP) is 4.02. The normalized spacial score (nSPS) is 10.8. The molecule has 0 spiro atoms. The number of hydrazone groups is 1. The van der Waals surface area contributed by atoms with Crippen LogP contribution in [-0.4, -0.2) is 6.21 Å². The Morgan fingerprint density at radius 3 is 2.28 bits per heavy atom. The van der Waals surface area contributed by atoms with Crippen molar-refractivity contribution < 1.29 is 8.78 Å². The molecule has 0 aromatic heterocycles. The molecule has 0 atom stereocenters. The summed E-state index contributed by atoms with van der Waals surface area (Å²) < 4.78 is 27.5. The van der Waals surface area contributed by atoms with Crippen molar-refractivity contribution in [2.45, 2.75) is 0 Å². The van der Waals surface area contributed by atoms with Gasteiger partial charge in [0, 0.05) is 3.57 Å². The highest BCUT2D eigenvalue weighted by molar-refractivity contribution is 14.1. The minimum Gasteiger partial charge on any atom is -0.279 e. The number of benzene rings is 2. The number of hydrogen-bond donors (Lipinski definition) is 1. The topological polar surface area (TPSA) is 24.4 Å². The molecule has 0 saturated heterocycles. The second-order valence-electron chi connectivity index (χ2n) is 3.52. The van der Waals surface area contributed by atoms with Gasteiger partial charge < -0.3 is 0 Å². The maximum absolute atomic E-state index is 13.5. The van der Waals surface area contributed by atoms with Crippen molar-refractivity contribution in [2.24, 2.45) is 5.10 Å². The Hall–Kier alpha value is -1.50. The van der Waals surface area contributed by atoms with Crippen LogP contribution in [-0.2, 0) is 0 Å². The zero-order valence-electron chi connectivity index (χ0n) is 9.20. The molecule has 0 aliphatic carbocycles. The number of rotatable bonds is 3. The molecule has 18 heavy (non-hydrogen) atoms. The Kier molecular flexibility index (Phi) is 4.24. The summed E-state index contributed by atoms with van der Waals surface area (Å²) in [6.07, 6.45) is 1.13. The van der Waals surface area contributed by atoms with Crippen LogP contribution in [0.2, 0.25) is 0 Å². The minimum atomic E-state index is -0.627. The van der Waals surface area contributed by atoms with Crippen molar-refractivity contribution in [2.75, 3.05) is 5.43 Å². The molecule has 0 bridgehead atoms. The number of nitrogens with zero attached hydrogens (tertiary/aromatic N) is 1. The SMILES string of the molecule is Fc1cc(I)cc(F)c1C=NNc1ccccc1. The molecule has 0 unspecified atom stereocenters. The average molecular weight is 358 g/mol. The summed E-state index contributed by atoms with van der Waals surface area (Å²) in [6, 6.07) is 11.7. The van der Waals surface area contributed by atoms with Gasteiger partial charge in [0.15, 0.2) is 0 Å². The Morgan fingerprint density at radius 1 is 1.06 bits per heavy atom. The van der Waals surface area contributed by atoms with Gasteiger partial charge in [0.05, 0.1) is 17.5 Å². The molecule has 0 radical (unpaired) electrons. The Bertz CT molecular complexity index is 547. The third-order valence-corrected chi connectivity index (χ3v) is 2.83. The van der Waals surface area contributed by atoms with Gasteiger partial charge in [-0.15, -0.1) is 0 Å². The van der Waals surface area contributed by atoms with Crippen molar-refractivity contribution in [1.82, 2.24) is 0 Å². The van der Waals surface area contributed by atoms with E-state index >= 15 is 0 Å². The second-order valence-corrected chi connectivity index (χ2v) is 4.76. The third kappa shape index (κ3) is 3.25. The summed E-state index contributed by atoms with van der Waals surface area (Å²) in [5.74, 6) is -1.25. The van der Waals surface area contributed by atoms with E-state index in [0.29, 0.717) is 3.57 Å². The van der Waals surface area contributed by atoms with Crippen LogP contribution in [0.4, 0.5) is 14.5 Å². The molecule has 2 aromatic carbocycles. The van der Waals surface area contributed by atoms with Crippen LogP contribution in [0.3, 0.4) is 0 Å². The van der Waals surface area contributed by atoms with E-state index in [1.807, 2.05) is 40.8 Å². The van der Waals surface area contributed by atoms with E-state index in [-0.39, 0.29) is 5.56 Å². The summed E-state index contributed by atoms with van der Waals surface area (Å²) in [4.78, 5) is 0. The largest absolute Gasteiger partial charge is 0.279 e. The first-order chi connectivity index (χ1) is 8.66. The van der Waals surface area contributed by atoms with Crippen LogP contribution in [0.25, 0.3) is 0 Å². The summed E-state index contributed by atoms with van der Waals surface area (Å²) in [5, 5.41) is 3.81. The van der Waals surface area contributed by atoms with E-state index in [1.165, 1.54) is 12.1 Å². The van der Waals surface area contributed by atoms with Crippen LogP contribution in [0.15, 0.2) is 47.6 Å². The Balaban J connectivity index is 2.15. The molecule has 2 nitrogen and oxygen atoms in total. The standard InChI is InChI=1S/C13H9F2IN2/c14-12-6-9(16)7-13(15)11(12)8-17-18-10-4-2-1-3-5-10/h1-8,18H. The lowest BCUT2D eigenvalue weighted by atomic mass is 10.2. The van der Waals surface area contributed by atoms with Gasteiger partial charge in [-0.25, -0.2) is 8.78 Å². The monoisotopic (exact) mass is 358 g/mol. The highest BCUT2D eigenvalue weighted by atomic mass is 127. The molecule has 5 heteroatoms. The molecule has 0 amide bonds. The molecule has 0 aliphatic heterocycles. The lowest BCUT2D eigenvalue weighted by molar-refractivity contribution is 0.578. The maximum atomic E-state index is 13.5. The average Bonchev–Trinajstić information content (AvgIpc) is 2.34. The van der Waals surface area contributed by atoms with Crippen molar-refractivity contribution >= 4 is 34.5 Å². The molecule has 2 aromatic rings. The Morgan fingerprint density at radius 2 is 1.67 bits per heavy atom. The molecule has 0 fully saturated rings. The fraction of sp³-hybridized carbons (Fsp3) is 0. The number of hydrogen-bond acceptors (Lipinski definition) is 2. The third-order valence-electron chi connectivity index (χ3n) is 2.20. The van der Waals surface area contributed by atoms with Gasteiger partial charge in [0.2, 0.25) is 0 Å². The minimum absolute atomic E-state index is 0.154. The summed E-state index contributed by atoms with van der Waals surface area (Å²) >= 11 is 1.85. The lowest BCUT2D eigenvalue weighted by Crippen LogP contribution is -1.97. The smallest absolute Gasteiger partial charge is 0.136 e. The first kappa shape index (κ1) is 12.9. The number of anilines is 1. The quantitative estimate of drug-likeness (QED) is 0.500. The van der Waals surface area contributed by atoms with Crippen LogP contribution in [0.1, 0.15) is 5.56 Å². The molecule has 0 heterocycles. The summed E-state index contributed by atoms with van der Waals surface area (Å²) in [5.41, 5.74) is 3.29. The molecular weight excluding hydrogens is 349 g/mol. The first-order valence-electron chi connectivity index (χ1n) is 5.15. The zero-order chi connectivity index (χ0) is 13.0. The van der Waals surface area contributed by atoms with Gasteiger partial charge >= 0.3 is 0 Å². The fourth-order valence-electron chi connectivity index (χ4n) is 1.36. The van der Waals surface area contributed by atoms with Crippen LogP contribution >= 0.6 is 22.6 Å². The van der Waals surface area contributed by atoms with Crippen molar-refractivity contribution in [3.8, 4) is 0 Å². The first-order valence-corrected chi connectivity index (χ1v) is 6.23. The Labute approximate surface area is 117 Å². The van der Waals surface area contributed by atoms with Gasteiger partial charge in [0.25, 0.3) is 0 Å². The van der Waals surface area contributed by atoms with Gasteiger partial charge in [-0.3, -0.25) is 5.43 Å². The second kappa shape index (κ2) is 5.90. The maximum Gasteiger partial charge on any atom is 0.136 e. The number of halogens is 3. The van der Waals surface area contributed by atoms with Crippen LogP contribution in [0.5, 0.6) is 0 Å². The van der Waals surface area contributed by atoms with Gasteiger partial charge in [-0.2, -0.15) is 5.10 Å². The highest BCUT2D eigenvalue weighted by Gasteiger charge is 2.07. The summed E-state index contributed by atoms with van der Waals surface area (Å²) in [7, 11) is 0. The van der Waals surface area contributed by atoms with E-state index in [0.717, 1.165) is 11.9 Å². The summed E-state index contributed by atoms with van der Waals surface area (Å²) in [6.45, 7) is 0. The predicted molar refractivity (Wildman–Crippen MR) is 76.7 cm³/mol. The molecule has 0 saturated carbocycles. The van der Waals surface area contributed by atoms with E-state index in [2.05, 4.69) is 10.5 Å². The van der Waals surface area contributed by atoms with E-state index < -0.39 is 11.6 Å².